The molecule has 1 amide bonds. The van der Waals surface area contributed by atoms with Crippen LogP contribution in [0.3, 0.4) is 0 Å². The zero-order valence-electron chi connectivity index (χ0n) is 13.8. The third kappa shape index (κ3) is 5.53. The predicted molar refractivity (Wildman–Crippen MR) is 80.0 cm³/mol. The number of nitrogens with zero attached hydrogens (tertiary/aromatic N) is 1. The quantitative estimate of drug-likeness (QED) is 0.802. The molecule has 0 radical (unpaired) electrons. The highest BCUT2D eigenvalue weighted by Crippen LogP contribution is 2.21. The number of piperidine rings is 1. The Morgan fingerprint density at radius 2 is 1.95 bits per heavy atom. The Kier molecular flexibility index (Phi) is 6.45. The molecule has 0 aliphatic carbocycles. The third-order valence-electron chi connectivity index (χ3n) is 3.32. The maximum atomic E-state index is 12.1. The lowest BCUT2D eigenvalue weighted by atomic mass is 9.92. The number of rotatable bonds is 4. The lowest BCUT2D eigenvalue weighted by Gasteiger charge is -2.38. The van der Waals surface area contributed by atoms with Crippen LogP contribution in [0.25, 0.3) is 0 Å². The maximum Gasteiger partial charge on any atom is 0.410 e. The number of carbonyl (C=O) groups is 2. The summed E-state index contributed by atoms with van der Waals surface area (Å²) in [4.78, 5) is 25.8. The van der Waals surface area contributed by atoms with Crippen molar-refractivity contribution in [3.05, 3.63) is 0 Å². The van der Waals surface area contributed by atoms with E-state index in [1.807, 2.05) is 27.7 Å². The minimum Gasteiger partial charge on any atom is -0.466 e. The van der Waals surface area contributed by atoms with Crippen LogP contribution in [0, 0.1) is 5.92 Å². The summed E-state index contributed by atoms with van der Waals surface area (Å²) in [6.45, 7) is 11.3. The molecule has 1 aliphatic rings. The van der Waals surface area contributed by atoms with Gasteiger partial charge in [-0.2, -0.15) is 0 Å². The maximum absolute atomic E-state index is 12.1. The largest absolute Gasteiger partial charge is 0.466 e. The van der Waals surface area contributed by atoms with Crippen molar-refractivity contribution in [3.63, 3.8) is 0 Å². The molecule has 0 saturated carbocycles. The van der Waals surface area contributed by atoms with Crippen LogP contribution in [-0.4, -0.2) is 54.8 Å². The summed E-state index contributed by atoms with van der Waals surface area (Å²) in [7, 11) is 0. The van der Waals surface area contributed by atoms with Gasteiger partial charge in [-0.1, -0.05) is 6.92 Å². The number of nitrogens with one attached hydrogen (secondary N) is 1. The molecule has 0 aromatic heterocycles. The summed E-state index contributed by atoms with van der Waals surface area (Å²) in [6, 6.07) is 0.0488. The summed E-state index contributed by atoms with van der Waals surface area (Å²) in [6.07, 6.45) is 0.350. The van der Waals surface area contributed by atoms with Gasteiger partial charge in [-0.15, -0.1) is 0 Å². The molecule has 1 saturated heterocycles. The number of carbonyl (C=O) groups excluding carboxylic acids is 2. The van der Waals surface area contributed by atoms with Crippen LogP contribution in [0.15, 0.2) is 0 Å². The molecular formula is C15H28N2O4. The molecule has 0 aromatic carbocycles. The van der Waals surface area contributed by atoms with Crippen LogP contribution in [0.1, 0.15) is 41.0 Å². The van der Waals surface area contributed by atoms with Crippen molar-refractivity contribution in [2.24, 2.45) is 5.92 Å². The Labute approximate surface area is 127 Å². The topological polar surface area (TPSA) is 67.9 Å². The summed E-state index contributed by atoms with van der Waals surface area (Å²) in [5, 5.41) is 3.30. The molecule has 1 N–H and O–H groups in total. The molecule has 122 valence electrons. The molecule has 0 bridgehead atoms. The van der Waals surface area contributed by atoms with Crippen molar-refractivity contribution >= 4 is 12.1 Å². The van der Waals surface area contributed by atoms with E-state index in [1.54, 1.807) is 11.8 Å². The predicted octanol–water partition coefficient (Wildman–Crippen LogP) is 1.78. The van der Waals surface area contributed by atoms with E-state index in [2.05, 4.69) is 5.32 Å². The fraction of sp³-hybridized carbons (Fsp3) is 0.867. The highest BCUT2D eigenvalue weighted by atomic mass is 16.6. The number of amides is 1. The molecule has 6 nitrogen and oxygen atoms in total. The first kappa shape index (κ1) is 17.8. The van der Waals surface area contributed by atoms with Crippen molar-refractivity contribution in [1.82, 2.24) is 10.2 Å². The lowest BCUT2D eigenvalue weighted by Crippen LogP contribution is -2.54. The molecule has 1 heterocycles. The summed E-state index contributed by atoms with van der Waals surface area (Å²) >= 11 is 0. The van der Waals surface area contributed by atoms with Gasteiger partial charge >= 0.3 is 12.1 Å². The van der Waals surface area contributed by atoms with Gasteiger partial charge in [0.1, 0.15) is 5.60 Å². The fourth-order valence-corrected chi connectivity index (χ4v) is 2.44. The van der Waals surface area contributed by atoms with E-state index < -0.39 is 5.60 Å². The van der Waals surface area contributed by atoms with E-state index in [4.69, 9.17) is 9.47 Å². The average molecular weight is 300 g/mol. The molecule has 0 aromatic rings. The van der Waals surface area contributed by atoms with Crippen molar-refractivity contribution in [1.29, 1.82) is 0 Å². The minimum absolute atomic E-state index is 0.0488. The van der Waals surface area contributed by atoms with Crippen LogP contribution in [-0.2, 0) is 14.3 Å². The van der Waals surface area contributed by atoms with E-state index in [9.17, 15) is 9.59 Å². The monoisotopic (exact) mass is 300 g/mol. The second-order valence-corrected chi connectivity index (χ2v) is 6.24. The first-order chi connectivity index (χ1) is 9.78. The first-order valence-electron chi connectivity index (χ1n) is 7.66. The standard InChI is InChI=1S/C15H28N2O4/c1-6-16-12-8-9-17(14(19)21-15(3,4)5)10-11(12)13(18)20-7-2/h11-12,16H,6-10H2,1-5H3/t11-,12-/m1/s1. The number of hydrogen-bond donors (Lipinski definition) is 1. The Balaban J connectivity index is 2.72. The minimum atomic E-state index is -0.533. The fourth-order valence-electron chi connectivity index (χ4n) is 2.44. The van der Waals surface area contributed by atoms with Crippen LogP contribution in [0.4, 0.5) is 4.79 Å². The van der Waals surface area contributed by atoms with E-state index in [-0.39, 0.29) is 24.0 Å². The lowest BCUT2D eigenvalue weighted by molar-refractivity contribution is -0.150. The molecular weight excluding hydrogens is 272 g/mol. The van der Waals surface area contributed by atoms with Crippen molar-refractivity contribution in [2.45, 2.75) is 52.7 Å². The first-order valence-corrected chi connectivity index (χ1v) is 7.66. The SMILES string of the molecule is CCN[C@@H]1CCN(C(=O)OC(C)(C)C)C[C@H]1C(=O)OCC. The van der Waals surface area contributed by atoms with Gasteiger partial charge in [0.15, 0.2) is 0 Å². The second kappa shape index (κ2) is 7.64. The van der Waals surface area contributed by atoms with E-state index >= 15 is 0 Å². The summed E-state index contributed by atoms with van der Waals surface area (Å²) in [5.74, 6) is -0.595. The van der Waals surface area contributed by atoms with Gasteiger partial charge in [-0.05, 0) is 40.7 Å². The van der Waals surface area contributed by atoms with Crippen molar-refractivity contribution in [2.75, 3.05) is 26.2 Å². The van der Waals surface area contributed by atoms with Crippen LogP contribution >= 0.6 is 0 Å². The number of likely N-dealkylation sites (tertiary alicyclic amines) is 1. The molecule has 1 rings (SSSR count). The van der Waals surface area contributed by atoms with Gasteiger partial charge in [-0.25, -0.2) is 4.79 Å². The van der Waals surface area contributed by atoms with Crippen molar-refractivity contribution < 1.29 is 19.1 Å². The van der Waals surface area contributed by atoms with Crippen LogP contribution in [0.5, 0.6) is 0 Å². The van der Waals surface area contributed by atoms with E-state index in [1.165, 1.54) is 0 Å². The Morgan fingerprint density at radius 1 is 1.29 bits per heavy atom. The second-order valence-electron chi connectivity index (χ2n) is 6.24. The summed E-state index contributed by atoms with van der Waals surface area (Å²) < 4.78 is 10.5. The Hall–Kier alpha value is -1.30. The third-order valence-corrected chi connectivity index (χ3v) is 3.32. The summed E-state index contributed by atoms with van der Waals surface area (Å²) in [5.41, 5.74) is -0.533. The molecule has 1 fully saturated rings. The average Bonchev–Trinajstić information content (AvgIpc) is 2.37. The normalized spacial score (nSPS) is 22.8. The zero-order chi connectivity index (χ0) is 16.0. The smallest absolute Gasteiger partial charge is 0.410 e. The molecule has 2 atom stereocenters. The van der Waals surface area contributed by atoms with Gasteiger partial charge < -0.3 is 19.7 Å². The zero-order valence-corrected chi connectivity index (χ0v) is 13.8. The van der Waals surface area contributed by atoms with Gasteiger partial charge in [0, 0.05) is 19.1 Å². The highest BCUT2D eigenvalue weighted by Gasteiger charge is 2.37. The molecule has 21 heavy (non-hydrogen) atoms. The van der Waals surface area contributed by atoms with E-state index in [0.29, 0.717) is 19.7 Å². The van der Waals surface area contributed by atoms with Gasteiger partial charge in [0.05, 0.1) is 12.5 Å². The molecule has 6 heteroatoms. The Morgan fingerprint density at radius 3 is 2.48 bits per heavy atom. The highest BCUT2D eigenvalue weighted by molar-refractivity contribution is 5.75. The van der Waals surface area contributed by atoms with Gasteiger partial charge in [0.2, 0.25) is 0 Å². The number of esters is 1. The van der Waals surface area contributed by atoms with Crippen molar-refractivity contribution in [3.8, 4) is 0 Å². The van der Waals surface area contributed by atoms with E-state index in [0.717, 1.165) is 13.0 Å². The Bertz CT molecular complexity index is 365. The number of ether oxygens (including phenoxy) is 2. The van der Waals surface area contributed by atoms with Gasteiger partial charge in [0.25, 0.3) is 0 Å². The van der Waals surface area contributed by atoms with Crippen LogP contribution < -0.4 is 5.32 Å². The molecule has 0 unspecified atom stereocenters. The van der Waals surface area contributed by atoms with Crippen LogP contribution in [0.2, 0.25) is 0 Å². The molecule has 0 spiro atoms. The van der Waals surface area contributed by atoms with Gasteiger partial charge in [-0.3, -0.25) is 4.79 Å². The number of hydrogen-bond acceptors (Lipinski definition) is 5. The molecule has 1 aliphatic heterocycles.